The van der Waals surface area contributed by atoms with Crippen molar-refractivity contribution >= 4 is 45.6 Å². The normalized spacial score (nSPS) is 10.7. The molecule has 118 valence electrons. The van der Waals surface area contributed by atoms with E-state index in [-0.39, 0.29) is 5.28 Å². The van der Waals surface area contributed by atoms with Crippen molar-refractivity contribution in [3.8, 4) is 0 Å². The first-order valence-corrected chi connectivity index (χ1v) is 7.98. The van der Waals surface area contributed by atoms with Gasteiger partial charge in [0.2, 0.25) is 5.28 Å². The average molecular weight is 348 g/mol. The van der Waals surface area contributed by atoms with E-state index in [1.807, 2.05) is 24.3 Å². The van der Waals surface area contributed by atoms with Crippen LogP contribution in [0.2, 0.25) is 10.3 Å². The number of nitrogens with zero attached hydrogens (tertiary/aromatic N) is 3. The molecule has 0 aliphatic heterocycles. The topological polar surface area (TPSA) is 62.7 Å². The minimum atomic E-state index is 0.245. The van der Waals surface area contributed by atoms with Crippen LogP contribution < -0.4 is 10.6 Å². The van der Waals surface area contributed by atoms with Gasteiger partial charge in [0.1, 0.15) is 5.82 Å². The highest BCUT2D eigenvalue weighted by molar-refractivity contribution is 6.31. The van der Waals surface area contributed by atoms with Gasteiger partial charge >= 0.3 is 0 Å². The molecule has 2 aromatic heterocycles. The fraction of sp³-hybridized carbons (Fsp3) is 0.188. The Labute approximate surface area is 144 Å². The Bertz CT molecular complexity index is 809. The van der Waals surface area contributed by atoms with Crippen molar-refractivity contribution in [3.05, 3.63) is 53.0 Å². The maximum Gasteiger partial charge on any atom is 0.224 e. The second kappa shape index (κ2) is 7.44. The first-order chi connectivity index (χ1) is 11.2. The van der Waals surface area contributed by atoms with Crippen LogP contribution in [0.15, 0.2) is 42.7 Å². The predicted octanol–water partition coefficient (Wildman–Crippen LogP) is 4.25. The summed E-state index contributed by atoms with van der Waals surface area (Å²) in [5.74, 6) is 0.731. The van der Waals surface area contributed by atoms with Gasteiger partial charge in [-0.25, -0.2) is 9.97 Å². The van der Waals surface area contributed by atoms with Gasteiger partial charge in [-0.15, -0.1) is 0 Å². The summed E-state index contributed by atoms with van der Waals surface area (Å²) >= 11 is 11.7. The Morgan fingerprint density at radius 2 is 1.74 bits per heavy atom. The molecule has 7 heteroatoms. The molecule has 0 saturated carbocycles. The van der Waals surface area contributed by atoms with Gasteiger partial charge in [-0.2, -0.15) is 0 Å². The molecule has 5 nitrogen and oxygen atoms in total. The maximum absolute atomic E-state index is 6.00. The molecule has 0 aliphatic carbocycles. The van der Waals surface area contributed by atoms with E-state index in [0.29, 0.717) is 5.02 Å². The smallest absolute Gasteiger partial charge is 0.224 e. The standard InChI is InChI=1S/C16H15Cl2N5/c17-11-2-3-12-13(4-8-20-14(12)10-11)19-6-1-7-21-15-5-9-22-16(18)23-15/h2-5,8-10H,1,6-7H2,(H,19,20)(H,21,22,23). The van der Waals surface area contributed by atoms with Crippen LogP contribution in [0.3, 0.4) is 0 Å². The lowest BCUT2D eigenvalue weighted by Gasteiger charge is -2.10. The van der Waals surface area contributed by atoms with Crippen LogP contribution in [0.25, 0.3) is 10.9 Å². The summed E-state index contributed by atoms with van der Waals surface area (Å²) in [5, 5.41) is 8.63. The third-order valence-corrected chi connectivity index (χ3v) is 3.72. The van der Waals surface area contributed by atoms with Crippen molar-refractivity contribution in [1.29, 1.82) is 0 Å². The molecule has 23 heavy (non-hydrogen) atoms. The molecule has 3 rings (SSSR count). The van der Waals surface area contributed by atoms with Crippen LogP contribution in [-0.4, -0.2) is 28.0 Å². The lowest BCUT2D eigenvalue weighted by atomic mass is 10.2. The maximum atomic E-state index is 6.00. The van der Waals surface area contributed by atoms with Crippen molar-refractivity contribution < 1.29 is 0 Å². The summed E-state index contributed by atoms with van der Waals surface area (Å²) in [6, 6.07) is 9.47. The van der Waals surface area contributed by atoms with E-state index in [1.165, 1.54) is 0 Å². The molecule has 0 atom stereocenters. The van der Waals surface area contributed by atoms with Crippen LogP contribution in [0.1, 0.15) is 6.42 Å². The first kappa shape index (κ1) is 15.8. The molecule has 2 heterocycles. The average Bonchev–Trinajstić information content (AvgIpc) is 2.54. The number of hydrogen-bond donors (Lipinski definition) is 2. The van der Waals surface area contributed by atoms with Crippen molar-refractivity contribution in [2.24, 2.45) is 0 Å². The van der Waals surface area contributed by atoms with Gasteiger partial charge in [0.25, 0.3) is 0 Å². The minimum absolute atomic E-state index is 0.245. The fourth-order valence-corrected chi connectivity index (χ4v) is 2.55. The molecule has 0 amide bonds. The monoisotopic (exact) mass is 347 g/mol. The Hall–Kier alpha value is -2.11. The van der Waals surface area contributed by atoms with Crippen molar-refractivity contribution in [2.45, 2.75) is 6.42 Å². The SMILES string of the molecule is Clc1ccc2c(NCCCNc3ccnc(Cl)n3)ccnc2c1. The van der Waals surface area contributed by atoms with Crippen molar-refractivity contribution in [1.82, 2.24) is 15.0 Å². The summed E-state index contributed by atoms with van der Waals surface area (Å²) in [5.41, 5.74) is 1.94. The van der Waals surface area contributed by atoms with Gasteiger partial charge in [0.05, 0.1) is 5.52 Å². The van der Waals surface area contributed by atoms with Gasteiger partial charge in [0, 0.05) is 41.6 Å². The summed E-state index contributed by atoms with van der Waals surface area (Å²) in [7, 11) is 0. The number of fused-ring (bicyclic) bond motifs is 1. The number of benzene rings is 1. The molecule has 0 bridgehead atoms. The van der Waals surface area contributed by atoms with Gasteiger partial charge in [-0.3, -0.25) is 4.98 Å². The highest BCUT2D eigenvalue weighted by Crippen LogP contribution is 2.24. The van der Waals surface area contributed by atoms with Gasteiger partial charge in [-0.05, 0) is 48.4 Å². The zero-order chi connectivity index (χ0) is 16.1. The number of hydrogen-bond acceptors (Lipinski definition) is 5. The summed E-state index contributed by atoms with van der Waals surface area (Å²) in [4.78, 5) is 12.3. The summed E-state index contributed by atoms with van der Waals surface area (Å²) in [6.07, 6.45) is 4.34. The number of aromatic nitrogens is 3. The number of halogens is 2. The molecule has 0 spiro atoms. The van der Waals surface area contributed by atoms with Gasteiger partial charge < -0.3 is 10.6 Å². The highest BCUT2D eigenvalue weighted by atomic mass is 35.5. The van der Waals surface area contributed by atoms with Crippen LogP contribution >= 0.6 is 23.2 Å². The second-order valence-corrected chi connectivity index (χ2v) is 5.71. The molecular weight excluding hydrogens is 333 g/mol. The van der Waals surface area contributed by atoms with E-state index >= 15 is 0 Å². The molecule has 2 N–H and O–H groups in total. The molecule has 0 saturated heterocycles. The first-order valence-electron chi connectivity index (χ1n) is 7.23. The van der Waals surface area contributed by atoms with E-state index in [9.17, 15) is 0 Å². The van der Waals surface area contributed by atoms with E-state index in [2.05, 4.69) is 25.6 Å². The van der Waals surface area contributed by atoms with E-state index < -0.39 is 0 Å². The Kier molecular flexibility index (Phi) is 5.10. The lowest BCUT2D eigenvalue weighted by Crippen LogP contribution is -2.10. The van der Waals surface area contributed by atoms with Crippen LogP contribution in [0.5, 0.6) is 0 Å². The molecule has 3 aromatic rings. The molecule has 1 aromatic carbocycles. The fourth-order valence-electron chi connectivity index (χ4n) is 2.24. The van der Waals surface area contributed by atoms with Crippen LogP contribution in [0, 0.1) is 0 Å². The Morgan fingerprint density at radius 3 is 2.61 bits per heavy atom. The molecular formula is C16H15Cl2N5. The zero-order valence-electron chi connectivity index (χ0n) is 12.3. The molecule has 0 fully saturated rings. The van der Waals surface area contributed by atoms with E-state index in [4.69, 9.17) is 23.2 Å². The van der Waals surface area contributed by atoms with E-state index in [1.54, 1.807) is 18.5 Å². The van der Waals surface area contributed by atoms with Gasteiger partial charge in [0.15, 0.2) is 0 Å². The van der Waals surface area contributed by atoms with E-state index in [0.717, 1.165) is 41.9 Å². The zero-order valence-corrected chi connectivity index (χ0v) is 13.8. The third-order valence-electron chi connectivity index (χ3n) is 3.31. The quantitative estimate of drug-likeness (QED) is 0.515. The van der Waals surface area contributed by atoms with Crippen LogP contribution in [0.4, 0.5) is 11.5 Å². The highest BCUT2D eigenvalue weighted by Gasteiger charge is 2.02. The Balaban J connectivity index is 1.53. The molecule has 0 radical (unpaired) electrons. The number of nitrogens with one attached hydrogen (secondary N) is 2. The summed E-state index contributed by atoms with van der Waals surface area (Å²) in [6.45, 7) is 1.61. The number of pyridine rings is 1. The largest absolute Gasteiger partial charge is 0.384 e. The predicted molar refractivity (Wildman–Crippen MR) is 95.4 cm³/mol. The lowest BCUT2D eigenvalue weighted by molar-refractivity contribution is 0.903. The van der Waals surface area contributed by atoms with Crippen LogP contribution in [-0.2, 0) is 0 Å². The third kappa shape index (κ3) is 4.21. The van der Waals surface area contributed by atoms with Gasteiger partial charge in [-0.1, -0.05) is 11.6 Å². The van der Waals surface area contributed by atoms with Crippen molar-refractivity contribution in [2.75, 3.05) is 23.7 Å². The molecule has 0 aliphatic rings. The van der Waals surface area contributed by atoms with Crippen molar-refractivity contribution in [3.63, 3.8) is 0 Å². The second-order valence-electron chi connectivity index (χ2n) is 4.94. The minimum Gasteiger partial charge on any atom is -0.384 e. The summed E-state index contributed by atoms with van der Waals surface area (Å²) < 4.78 is 0. The number of anilines is 2. The molecule has 0 unspecified atom stereocenters. The Morgan fingerprint density at radius 1 is 0.913 bits per heavy atom. The number of rotatable bonds is 6.